The Hall–Kier alpha value is -0.0951. The number of hydrogen-bond acceptors (Lipinski definition) is 4. The molecule has 0 atom stereocenters. The number of hydrogen-bond donors (Lipinski definition) is 0. The minimum Gasteiger partial charge on any atom is -0.380 e. The fourth-order valence-corrected chi connectivity index (χ4v) is 0.824. The average molecular weight is 246 g/mol. The lowest BCUT2D eigenvalue weighted by atomic mass is 10.1. The van der Waals surface area contributed by atoms with Crippen LogP contribution in [0.3, 0.4) is 0 Å². The third-order valence-corrected chi connectivity index (χ3v) is 1.28. The Morgan fingerprint density at radius 2 is 0.941 bits per heavy atom. The van der Waals surface area contributed by atoms with E-state index in [0.717, 1.165) is 0 Å². The molecule has 5 heteroatoms. The van der Waals surface area contributed by atoms with Crippen molar-refractivity contribution in [2.75, 3.05) is 0 Å². The van der Waals surface area contributed by atoms with Gasteiger partial charge >= 0.3 is 7.32 Å². The maximum atomic E-state index is 5.64. The van der Waals surface area contributed by atoms with E-state index in [-0.39, 0.29) is 11.2 Å². The summed E-state index contributed by atoms with van der Waals surface area (Å²) in [5, 5.41) is 0. The van der Waals surface area contributed by atoms with Crippen LogP contribution in [-0.2, 0) is 19.0 Å². The van der Waals surface area contributed by atoms with Crippen molar-refractivity contribution < 1.29 is 19.0 Å². The van der Waals surface area contributed by atoms with Gasteiger partial charge in [-0.25, -0.2) is 9.69 Å². The quantitative estimate of drug-likeness (QED) is 0.433. The van der Waals surface area contributed by atoms with Gasteiger partial charge in [-0.15, -0.1) is 0 Å². The molecule has 0 N–H and O–H groups in total. The average Bonchev–Trinajstić information content (AvgIpc) is 1.92. The van der Waals surface area contributed by atoms with Crippen LogP contribution >= 0.6 is 0 Å². The van der Waals surface area contributed by atoms with Crippen molar-refractivity contribution in [1.82, 2.24) is 0 Å². The third-order valence-electron chi connectivity index (χ3n) is 1.28. The Balaban J connectivity index is 4.42. The molecular formula is C12H27BO4. The Morgan fingerprint density at radius 1 is 0.588 bits per heavy atom. The molecule has 0 radical (unpaired) electrons. The standard InChI is InChI=1S/C12H27BO4/c1-10(2,3)14-13(15-11(4,5)6)17-16-12(7,8)9/h1-9H3. The molecular weight excluding hydrogens is 219 g/mol. The van der Waals surface area contributed by atoms with E-state index in [4.69, 9.17) is 19.0 Å². The van der Waals surface area contributed by atoms with Gasteiger partial charge in [-0.3, -0.25) is 0 Å². The molecule has 0 saturated heterocycles. The Kier molecular flexibility index (Phi) is 5.66. The van der Waals surface area contributed by atoms with Gasteiger partial charge in [-0.05, 0) is 62.3 Å². The zero-order valence-corrected chi connectivity index (χ0v) is 12.7. The molecule has 0 fully saturated rings. The first-order chi connectivity index (χ1) is 7.29. The summed E-state index contributed by atoms with van der Waals surface area (Å²) in [6.07, 6.45) is 0. The molecule has 4 nitrogen and oxygen atoms in total. The van der Waals surface area contributed by atoms with Crippen LogP contribution in [0.15, 0.2) is 0 Å². The van der Waals surface area contributed by atoms with E-state index >= 15 is 0 Å². The summed E-state index contributed by atoms with van der Waals surface area (Å²) >= 11 is 0. The van der Waals surface area contributed by atoms with Crippen LogP contribution in [0.4, 0.5) is 0 Å². The molecule has 0 aromatic rings. The summed E-state index contributed by atoms with van der Waals surface area (Å²) in [4.78, 5) is 10.4. The van der Waals surface area contributed by atoms with E-state index < -0.39 is 12.9 Å². The first kappa shape index (κ1) is 16.9. The zero-order valence-electron chi connectivity index (χ0n) is 12.7. The predicted molar refractivity (Wildman–Crippen MR) is 69.4 cm³/mol. The van der Waals surface area contributed by atoms with Gasteiger partial charge in [0.15, 0.2) is 0 Å². The second-order valence-corrected chi connectivity index (χ2v) is 7.04. The second-order valence-electron chi connectivity index (χ2n) is 7.04. The van der Waals surface area contributed by atoms with Crippen molar-refractivity contribution in [1.29, 1.82) is 0 Å². The smallest absolute Gasteiger partial charge is 0.380 e. The van der Waals surface area contributed by atoms with Gasteiger partial charge in [0, 0.05) is 11.2 Å². The van der Waals surface area contributed by atoms with E-state index in [2.05, 4.69) is 0 Å². The normalized spacial score (nSPS) is 13.9. The van der Waals surface area contributed by atoms with Crippen LogP contribution in [0.25, 0.3) is 0 Å². The molecule has 0 heterocycles. The molecule has 0 aromatic carbocycles. The van der Waals surface area contributed by atoms with Gasteiger partial charge < -0.3 is 9.31 Å². The van der Waals surface area contributed by atoms with Crippen LogP contribution in [0.5, 0.6) is 0 Å². The number of rotatable bonds is 4. The summed E-state index contributed by atoms with van der Waals surface area (Å²) < 4.78 is 11.3. The van der Waals surface area contributed by atoms with Crippen molar-refractivity contribution in [3.8, 4) is 0 Å². The summed E-state index contributed by atoms with van der Waals surface area (Å²) in [5.74, 6) is 0. The summed E-state index contributed by atoms with van der Waals surface area (Å²) in [5.41, 5.74) is -1.13. The molecule has 0 saturated carbocycles. The van der Waals surface area contributed by atoms with Crippen LogP contribution in [-0.4, -0.2) is 24.1 Å². The SMILES string of the molecule is CC(C)(C)OOB(OC(C)(C)C)OC(C)(C)C. The van der Waals surface area contributed by atoms with Crippen LogP contribution < -0.4 is 0 Å². The van der Waals surface area contributed by atoms with Crippen LogP contribution in [0.1, 0.15) is 62.3 Å². The molecule has 0 aliphatic carbocycles. The minimum absolute atomic E-state index is 0.364. The molecule has 0 spiro atoms. The molecule has 0 unspecified atom stereocenters. The first-order valence-electron chi connectivity index (χ1n) is 5.99. The van der Waals surface area contributed by atoms with Crippen LogP contribution in [0, 0.1) is 0 Å². The molecule has 0 bridgehead atoms. The van der Waals surface area contributed by atoms with E-state index in [1.165, 1.54) is 0 Å². The zero-order chi connectivity index (χ0) is 13.9. The van der Waals surface area contributed by atoms with Gasteiger partial charge in [-0.1, -0.05) is 0 Å². The highest BCUT2D eigenvalue weighted by atomic mass is 17.2. The van der Waals surface area contributed by atoms with E-state index in [1.807, 2.05) is 62.3 Å². The van der Waals surface area contributed by atoms with E-state index in [1.54, 1.807) is 0 Å². The lowest BCUT2D eigenvalue weighted by molar-refractivity contribution is -0.307. The molecule has 0 aliphatic heterocycles. The van der Waals surface area contributed by atoms with Crippen molar-refractivity contribution in [3.63, 3.8) is 0 Å². The van der Waals surface area contributed by atoms with Gasteiger partial charge in [0.1, 0.15) is 0 Å². The Bertz CT molecular complexity index is 206. The highest BCUT2D eigenvalue weighted by Gasteiger charge is 2.35. The van der Waals surface area contributed by atoms with Crippen molar-refractivity contribution in [3.05, 3.63) is 0 Å². The maximum Gasteiger partial charge on any atom is 0.668 e. The van der Waals surface area contributed by atoms with Gasteiger partial charge in [0.25, 0.3) is 0 Å². The van der Waals surface area contributed by atoms with E-state index in [0.29, 0.717) is 0 Å². The fraction of sp³-hybridized carbons (Fsp3) is 1.00. The lowest BCUT2D eigenvalue weighted by Crippen LogP contribution is -2.42. The summed E-state index contributed by atoms with van der Waals surface area (Å²) in [7, 11) is -0.839. The van der Waals surface area contributed by atoms with E-state index in [9.17, 15) is 0 Å². The third kappa shape index (κ3) is 12.2. The van der Waals surface area contributed by atoms with Crippen LogP contribution in [0.2, 0.25) is 0 Å². The predicted octanol–water partition coefficient (Wildman–Crippen LogP) is 3.35. The topological polar surface area (TPSA) is 36.9 Å². The monoisotopic (exact) mass is 246 g/mol. The van der Waals surface area contributed by atoms with Gasteiger partial charge in [-0.2, -0.15) is 0 Å². The van der Waals surface area contributed by atoms with Crippen molar-refractivity contribution >= 4 is 7.32 Å². The largest absolute Gasteiger partial charge is 0.668 e. The first-order valence-corrected chi connectivity index (χ1v) is 5.99. The molecule has 0 aromatic heterocycles. The Labute approximate surface area is 106 Å². The molecule has 0 aliphatic rings. The lowest BCUT2D eigenvalue weighted by Gasteiger charge is -2.30. The maximum absolute atomic E-state index is 5.64. The summed E-state index contributed by atoms with van der Waals surface area (Å²) in [6, 6.07) is 0. The fourth-order valence-electron chi connectivity index (χ4n) is 0.824. The van der Waals surface area contributed by atoms with Crippen molar-refractivity contribution in [2.45, 2.75) is 79.1 Å². The molecule has 0 rings (SSSR count). The second kappa shape index (κ2) is 5.70. The van der Waals surface area contributed by atoms with Gasteiger partial charge in [0.05, 0.1) is 5.60 Å². The highest BCUT2D eigenvalue weighted by Crippen LogP contribution is 2.18. The Morgan fingerprint density at radius 3 is 1.18 bits per heavy atom. The highest BCUT2D eigenvalue weighted by molar-refractivity contribution is 6.36. The summed E-state index contributed by atoms with van der Waals surface area (Å²) in [6.45, 7) is 17.3. The molecule has 102 valence electrons. The van der Waals surface area contributed by atoms with Crippen molar-refractivity contribution in [2.24, 2.45) is 0 Å². The molecule has 0 amide bonds. The molecule has 17 heavy (non-hydrogen) atoms. The minimum atomic E-state index is -0.839. The van der Waals surface area contributed by atoms with Gasteiger partial charge in [0.2, 0.25) is 0 Å².